The maximum Gasteiger partial charge on any atom is 0.322 e. The molecule has 260 valence electrons. The highest BCUT2D eigenvalue weighted by Crippen LogP contribution is 2.40. The van der Waals surface area contributed by atoms with E-state index in [4.69, 9.17) is 4.74 Å². The molecule has 0 radical (unpaired) electrons. The molecule has 4 amide bonds. The van der Waals surface area contributed by atoms with Gasteiger partial charge >= 0.3 is 6.03 Å². The number of carbonyl (C=O) groups excluding carboxylic acids is 3. The fourth-order valence-electron chi connectivity index (χ4n) is 8.52. The van der Waals surface area contributed by atoms with E-state index >= 15 is 0 Å². The molecule has 0 aliphatic carbocycles. The molecule has 3 saturated heterocycles. The summed E-state index contributed by atoms with van der Waals surface area (Å²) in [4.78, 5) is 46.9. The Morgan fingerprint density at radius 3 is 2.40 bits per heavy atom. The van der Waals surface area contributed by atoms with Gasteiger partial charge in [-0.25, -0.2) is 4.79 Å². The number of ether oxygens (including phenoxy) is 1. The summed E-state index contributed by atoms with van der Waals surface area (Å²) in [6.07, 6.45) is 7.99. The van der Waals surface area contributed by atoms with E-state index in [0.29, 0.717) is 44.1 Å². The van der Waals surface area contributed by atoms with Gasteiger partial charge in [0.15, 0.2) is 0 Å². The number of hydrogen-bond donors (Lipinski definition) is 2. The van der Waals surface area contributed by atoms with Crippen molar-refractivity contribution in [1.82, 2.24) is 14.7 Å². The van der Waals surface area contributed by atoms with Crippen molar-refractivity contribution in [3.8, 4) is 5.75 Å². The molecule has 6 rings (SSSR count). The van der Waals surface area contributed by atoms with Crippen molar-refractivity contribution in [3.05, 3.63) is 58.7 Å². The Hall–Kier alpha value is -3.59. The van der Waals surface area contributed by atoms with E-state index in [-0.39, 0.29) is 35.7 Å². The third kappa shape index (κ3) is 7.99. The summed E-state index contributed by atoms with van der Waals surface area (Å²) in [7, 11) is 0. The van der Waals surface area contributed by atoms with Crippen LogP contribution in [-0.2, 0) is 27.2 Å². The summed E-state index contributed by atoms with van der Waals surface area (Å²) in [6, 6.07) is 12.0. The summed E-state index contributed by atoms with van der Waals surface area (Å²) in [5, 5.41) is 13.4. The average molecular weight is 659 g/mol. The van der Waals surface area contributed by atoms with Crippen LogP contribution in [0.25, 0.3) is 0 Å². The molecule has 0 saturated carbocycles. The fraction of sp³-hybridized carbons (Fsp3) is 0.615. The number of nitrogens with one attached hydrogen (secondary N) is 1. The van der Waals surface area contributed by atoms with Crippen LogP contribution >= 0.6 is 0 Å². The lowest BCUT2D eigenvalue weighted by Gasteiger charge is -2.42. The second-order valence-electron chi connectivity index (χ2n) is 15.2. The number of aryl methyl sites for hydroxylation is 3. The number of likely N-dealkylation sites (tertiary alicyclic amines) is 2. The second-order valence-corrected chi connectivity index (χ2v) is 15.2. The van der Waals surface area contributed by atoms with E-state index in [0.717, 1.165) is 99.2 Å². The third-order valence-corrected chi connectivity index (χ3v) is 11.6. The second kappa shape index (κ2) is 14.9. The molecule has 2 aromatic carbocycles. The standard InChI is InChI=1S/C39H54N4O5/c1-27-22-29(23-28(2)36(27)45)8-9-32(37(46)42-19-14-39(3,15-20-42)25-30-13-21-48-26-30)24-35(44)41-16-11-33(12-17-41)43-18-10-31-6-4-5-7-34(31)40-38(43)47/h4-7,22-23,30,32-33,45H,8-21,24-26H2,1-3H3,(H,40,47). The van der Waals surface area contributed by atoms with Gasteiger partial charge < -0.3 is 29.9 Å². The SMILES string of the molecule is Cc1cc(CCC(CC(=O)N2CCC(N3CCc4ccccc4NC3=O)CC2)C(=O)N2CCC(C)(CC3CCOC3)CC2)cc(C)c1O. The molecule has 4 aliphatic heterocycles. The summed E-state index contributed by atoms with van der Waals surface area (Å²) < 4.78 is 5.63. The normalized spacial score (nSPS) is 22.2. The van der Waals surface area contributed by atoms with E-state index in [1.165, 1.54) is 0 Å². The van der Waals surface area contributed by atoms with Crippen molar-refractivity contribution in [3.63, 3.8) is 0 Å². The number of urea groups is 1. The minimum absolute atomic E-state index is 0.0284. The third-order valence-electron chi connectivity index (χ3n) is 11.6. The Bertz CT molecular complexity index is 1450. The molecule has 2 N–H and O–H groups in total. The van der Waals surface area contributed by atoms with Gasteiger partial charge in [0.25, 0.3) is 0 Å². The smallest absolute Gasteiger partial charge is 0.322 e. The van der Waals surface area contributed by atoms with Crippen molar-refractivity contribution in [2.75, 3.05) is 51.3 Å². The van der Waals surface area contributed by atoms with Crippen LogP contribution in [0.1, 0.15) is 80.5 Å². The lowest BCUT2D eigenvalue weighted by Crippen LogP contribution is -2.50. The van der Waals surface area contributed by atoms with Crippen LogP contribution in [0.4, 0.5) is 10.5 Å². The molecule has 2 unspecified atom stereocenters. The molecular weight excluding hydrogens is 604 g/mol. The molecule has 2 atom stereocenters. The maximum atomic E-state index is 14.1. The van der Waals surface area contributed by atoms with Crippen LogP contribution in [0.2, 0.25) is 0 Å². The van der Waals surface area contributed by atoms with Gasteiger partial charge in [0.2, 0.25) is 11.8 Å². The van der Waals surface area contributed by atoms with Gasteiger partial charge in [-0.1, -0.05) is 37.3 Å². The number of carbonyl (C=O) groups is 3. The number of benzene rings is 2. The van der Waals surface area contributed by atoms with Gasteiger partial charge in [-0.2, -0.15) is 0 Å². The first-order valence-electron chi connectivity index (χ1n) is 18.2. The lowest BCUT2D eigenvalue weighted by molar-refractivity contribution is -0.143. The minimum atomic E-state index is -0.396. The highest BCUT2D eigenvalue weighted by molar-refractivity contribution is 5.91. The first-order chi connectivity index (χ1) is 23.1. The zero-order valence-electron chi connectivity index (χ0n) is 29.1. The number of hydrogen-bond acceptors (Lipinski definition) is 5. The quantitative estimate of drug-likeness (QED) is 0.340. The van der Waals surface area contributed by atoms with Crippen molar-refractivity contribution in [2.45, 2.75) is 91.0 Å². The Morgan fingerprint density at radius 1 is 1.00 bits per heavy atom. The van der Waals surface area contributed by atoms with Crippen molar-refractivity contribution in [2.24, 2.45) is 17.3 Å². The molecular formula is C39H54N4O5. The number of nitrogens with zero attached hydrogens (tertiary/aromatic N) is 3. The summed E-state index contributed by atoms with van der Waals surface area (Å²) in [6.45, 7) is 11.2. The first kappa shape index (κ1) is 34.3. The highest BCUT2D eigenvalue weighted by Gasteiger charge is 2.38. The molecule has 4 heterocycles. The lowest BCUT2D eigenvalue weighted by atomic mass is 9.73. The number of rotatable bonds is 9. The van der Waals surface area contributed by atoms with Crippen molar-refractivity contribution < 1.29 is 24.2 Å². The fourth-order valence-corrected chi connectivity index (χ4v) is 8.52. The molecule has 0 bridgehead atoms. The van der Waals surface area contributed by atoms with E-state index in [2.05, 4.69) is 18.3 Å². The molecule has 2 aromatic rings. The zero-order chi connectivity index (χ0) is 33.8. The number of para-hydroxylation sites is 1. The van der Waals surface area contributed by atoms with Crippen LogP contribution in [0.3, 0.4) is 0 Å². The number of piperidine rings is 2. The molecule has 48 heavy (non-hydrogen) atoms. The van der Waals surface area contributed by atoms with E-state index in [9.17, 15) is 19.5 Å². The first-order valence-corrected chi connectivity index (χ1v) is 18.2. The van der Waals surface area contributed by atoms with Gasteiger partial charge in [0, 0.05) is 70.0 Å². The van der Waals surface area contributed by atoms with E-state index in [1.807, 2.05) is 58.9 Å². The summed E-state index contributed by atoms with van der Waals surface area (Å²) >= 11 is 0. The molecule has 9 nitrogen and oxygen atoms in total. The predicted octanol–water partition coefficient (Wildman–Crippen LogP) is 6.08. The van der Waals surface area contributed by atoms with Crippen LogP contribution in [-0.4, -0.2) is 89.6 Å². The molecule has 3 fully saturated rings. The molecule has 9 heteroatoms. The van der Waals surface area contributed by atoms with Gasteiger partial charge in [-0.15, -0.1) is 0 Å². The zero-order valence-corrected chi connectivity index (χ0v) is 29.1. The van der Waals surface area contributed by atoms with Crippen LogP contribution in [0, 0.1) is 31.1 Å². The van der Waals surface area contributed by atoms with Crippen LogP contribution in [0.5, 0.6) is 5.75 Å². The highest BCUT2D eigenvalue weighted by atomic mass is 16.5. The Morgan fingerprint density at radius 2 is 1.71 bits per heavy atom. The van der Waals surface area contributed by atoms with Gasteiger partial charge in [-0.3, -0.25) is 9.59 Å². The Balaban J connectivity index is 1.07. The summed E-state index contributed by atoms with van der Waals surface area (Å²) in [5.74, 6) is 0.659. The van der Waals surface area contributed by atoms with E-state index in [1.54, 1.807) is 0 Å². The molecule has 0 spiro atoms. The number of aromatic hydroxyl groups is 1. The van der Waals surface area contributed by atoms with Gasteiger partial charge in [-0.05, 0) is 111 Å². The van der Waals surface area contributed by atoms with Crippen molar-refractivity contribution >= 4 is 23.5 Å². The number of fused-ring (bicyclic) bond motifs is 1. The largest absolute Gasteiger partial charge is 0.507 e. The monoisotopic (exact) mass is 658 g/mol. The van der Waals surface area contributed by atoms with E-state index < -0.39 is 5.92 Å². The summed E-state index contributed by atoms with van der Waals surface area (Å²) in [5.41, 5.74) is 4.99. The molecule has 4 aliphatic rings. The number of anilines is 1. The number of amides is 4. The van der Waals surface area contributed by atoms with Crippen LogP contribution < -0.4 is 5.32 Å². The van der Waals surface area contributed by atoms with Crippen molar-refractivity contribution in [1.29, 1.82) is 0 Å². The van der Waals surface area contributed by atoms with Gasteiger partial charge in [0.1, 0.15) is 5.75 Å². The number of phenols is 1. The predicted molar refractivity (Wildman–Crippen MR) is 187 cm³/mol. The Kier molecular flexibility index (Phi) is 10.6. The van der Waals surface area contributed by atoms with Gasteiger partial charge in [0.05, 0.1) is 0 Å². The number of phenolic OH excluding ortho intramolecular Hbond substituents is 1. The van der Waals surface area contributed by atoms with Crippen LogP contribution in [0.15, 0.2) is 36.4 Å². The maximum absolute atomic E-state index is 14.1. The average Bonchev–Trinajstić information content (AvgIpc) is 3.52. The minimum Gasteiger partial charge on any atom is -0.507 e. The Labute approximate surface area is 286 Å². The topological polar surface area (TPSA) is 102 Å². The molecule has 0 aromatic heterocycles.